The molecule has 7 heteroatoms. The Morgan fingerprint density at radius 1 is 1.12 bits per heavy atom. The Bertz CT molecular complexity index is 343. The summed E-state index contributed by atoms with van der Waals surface area (Å²) in [5.41, 5.74) is 5.90. The van der Waals surface area contributed by atoms with Gasteiger partial charge < -0.3 is 5.73 Å². The molecule has 0 amide bonds. The Hall–Kier alpha value is 0.120. The molecule has 0 aromatic rings. The molecule has 0 spiro atoms. The fraction of sp³-hybridized carbons (Fsp3) is 1.00. The second-order valence-corrected chi connectivity index (χ2v) is 6.83. The SMILES string of the molecule is CC1CN(S(=O)(=O)N2CCCC2)CCC1N.Cl. The summed E-state index contributed by atoms with van der Waals surface area (Å²) in [7, 11) is -3.21. The highest BCUT2D eigenvalue weighted by Crippen LogP contribution is 2.22. The summed E-state index contributed by atoms with van der Waals surface area (Å²) in [5.74, 6) is 0.256. The Morgan fingerprint density at radius 2 is 1.71 bits per heavy atom. The number of halogens is 1. The van der Waals surface area contributed by atoms with E-state index in [1.807, 2.05) is 6.92 Å². The van der Waals surface area contributed by atoms with Gasteiger partial charge in [0, 0.05) is 32.2 Å². The average Bonchev–Trinajstić information content (AvgIpc) is 2.75. The number of rotatable bonds is 2. The fourth-order valence-electron chi connectivity index (χ4n) is 2.42. The molecule has 2 saturated heterocycles. The van der Waals surface area contributed by atoms with Gasteiger partial charge in [0.15, 0.2) is 0 Å². The second kappa shape index (κ2) is 5.84. The Balaban J connectivity index is 0.00000144. The van der Waals surface area contributed by atoms with E-state index in [4.69, 9.17) is 5.73 Å². The maximum absolute atomic E-state index is 12.3. The van der Waals surface area contributed by atoms with Crippen LogP contribution in [0.5, 0.6) is 0 Å². The highest BCUT2D eigenvalue weighted by molar-refractivity contribution is 7.86. The lowest BCUT2D eigenvalue weighted by Crippen LogP contribution is -2.51. The summed E-state index contributed by atoms with van der Waals surface area (Å²) in [6, 6.07) is 0.144. The summed E-state index contributed by atoms with van der Waals surface area (Å²) in [4.78, 5) is 0. The van der Waals surface area contributed by atoms with Crippen molar-refractivity contribution in [1.29, 1.82) is 0 Å². The van der Waals surface area contributed by atoms with E-state index in [1.165, 1.54) is 0 Å². The third-order valence-corrected chi connectivity index (χ3v) is 5.65. The average molecular weight is 284 g/mol. The lowest BCUT2D eigenvalue weighted by molar-refractivity contribution is 0.237. The monoisotopic (exact) mass is 283 g/mol. The van der Waals surface area contributed by atoms with Crippen LogP contribution < -0.4 is 5.73 Å². The van der Waals surface area contributed by atoms with E-state index in [0.29, 0.717) is 26.2 Å². The zero-order valence-corrected chi connectivity index (χ0v) is 11.8. The fourth-order valence-corrected chi connectivity index (χ4v) is 4.22. The highest BCUT2D eigenvalue weighted by Gasteiger charge is 2.35. The second-order valence-electron chi connectivity index (χ2n) is 4.90. The first-order valence-electron chi connectivity index (χ1n) is 6.02. The first-order valence-corrected chi connectivity index (χ1v) is 7.42. The van der Waals surface area contributed by atoms with Crippen LogP contribution in [-0.4, -0.2) is 49.2 Å². The van der Waals surface area contributed by atoms with E-state index in [0.717, 1.165) is 19.3 Å². The van der Waals surface area contributed by atoms with Gasteiger partial charge in [-0.2, -0.15) is 17.0 Å². The molecule has 2 fully saturated rings. The van der Waals surface area contributed by atoms with Gasteiger partial charge in [-0.15, -0.1) is 12.4 Å². The molecule has 102 valence electrons. The minimum Gasteiger partial charge on any atom is -0.327 e. The summed E-state index contributed by atoms with van der Waals surface area (Å²) in [6.07, 6.45) is 2.75. The van der Waals surface area contributed by atoms with Gasteiger partial charge in [-0.1, -0.05) is 6.92 Å². The number of hydrogen-bond acceptors (Lipinski definition) is 3. The van der Waals surface area contributed by atoms with Crippen LogP contribution in [0.2, 0.25) is 0 Å². The standard InChI is InChI=1S/C10H21N3O2S.ClH/c1-9-8-13(7-4-10(9)11)16(14,15)12-5-2-3-6-12;/h9-10H,2-8,11H2,1H3;1H. The van der Waals surface area contributed by atoms with Crippen LogP contribution in [0.25, 0.3) is 0 Å². The van der Waals surface area contributed by atoms with Crippen LogP contribution in [0.1, 0.15) is 26.2 Å². The van der Waals surface area contributed by atoms with Crippen molar-refractivity contribution in [1.82, 2.24) is 8.61 Å². The quantitative estimate of drug-likeness (QED) is 0.799. The molecule has 0 bridgehead atoms. The topological polar surface area (TPSA) is 66.6 Å². The molecule has 0 aliphatic carbocycles. The highest BCUT2D eigenvalue weighted by atomic mass is 35.5. The van der Waals surface area contributed by atoms with Crippen molar-refractivity contribution in [3.05, 3.63) is 0 Å². The molecule has 5 nitrogen and oxygen atoms in total. The number of nitrogens with zero attached hydrogens (tertiary/aromatic N) is 2. The molecule has 2 unspecified atom stereocenters. The van der Waals surface area contributed by atoms with Crippen molar-refractivity contribution in [2.24, 2.45) is 11.7 Å². The van der Waals surface area contributed by atoms with Gasteiger partial charge in [0.25, 0.3) is 10.2 Å². The maximum Gasteiger partial charge on any atom is 0.281 e. The molecule has 2 N–H and O–H groups in total. The van der Waals surface area contributed by atoms with E-state index in [2.05, 4.69) is 0 Å². The maximum atomic E-state index is 12.3. The van der Waals surface area contributed by atoms with Gasteiger partial charge in [0.05, 0.1) is 0 Å². The predicted molar refractivity (Wildman–Crippen MR) is 70.3 cm³/mol. The molecule has 2 rings (SSSR count). The summed E-state index contributed by atoms with van der Waals surface area (Å²) in [5, 5.41) is 0. The molecule has 17 heavy (non-hydrogen) atoms. The predicted octanol–water partition coefficient (Wildman–Crippen LogP) is 0.418. The van der Waals surface area contributed by atoms with E-state index < -0.39 is 10.2 Å². The number of hydrogen-bond donors (Lipinski definition) is 1. The normalized spacial score (nSPS) is 32.4. The van der Waals surface area contributed by atoms with Crippen LogP contribution >= 0.6 is 12.4 Å². The van der Waals surface area contributed by atoms with E-state index in [-0.39, 0.29) is 24.4 Å². The van der Waals surface area contributed by atoms with E-state index in [1.54, 1.807) is 8.61 Å². The van der Waals surface area contributed by atoms with Gasteiger partial charge in [-0.05, 0) is 25.2 Å². The molecule has 2 aliphatic rings. The minimum absolute atomic E-state index is 0. The first kappa shape index (κ1) is 15.2. The van der Waals surface area contributed by atoms with Gasteiger partial charge >= 0.3 is 0 Å². The summed E-state index contributed by atoms with van der Waals surface area (Å²) >= 11 is 0. The molecule has 2 aliphatic heterocycles. The Labute approximate surface area is 110 Å². The first-order chi connectivity index (χ1) is 7.51. The third kappa shape index (κ3) is 3.12. The summed E-state index contributed by atoms with van der Waals surface area (Å²) < 4.78 is 27.7. The molecule has 2 atom stereocenters. The van der Waals surface area contributed by atoms with Gasteiger partial charge in [-0.3, -0.25) is 0 Å². The zero-order valence-electron chi connectivity index (χ0n) is 10.2. The minimum atomic E-state index is -3.21. The molecule has 0 radical (unpaired) electrons. The Morgan fingerprint density at radius 3 is 2.24 bits per heavy atom. The molecule has 0 aromatic heterocycles. The van der Waals surface area contributed by atoms with Gasteiger partial charge in [0.1, 0.15) is 0 Å². The van der Waals surface area contributed by atoms with Crippen molar-refractivity contribution >= 4 is 22.6 Å². The zero-order chi connectivity index (χ0) is 11.8. The lowest BCUT2D eigenvalue weighted by Gasteiger charge is -2.36. The van der Waals surface area contributed by atoms with E-state index in [9.17, 15) is 8.42 Å². The van der Waals surface area contributed by atoms with Crippen molar-refractivity contribution in [2.45, 2.75) is 32.2 Å². The Kier molecular flexibility index (Phi) is 5.21. The molecule has 0 saturated carbocycles. The van der Waals surface area contributed by atoms with Crippen LogP contribution in [0.4, 0.5) is 0 Å². The van der Waals surface area contributed by atoms with E-state index >= 15 is 0 Å². The smallest absolute Gasteiger partial charge is 0.281 e. The molecule has 0 aromatic carbocycles. The largest absolute Gasteiger partial charge is 0.327 e. The number of nitrogens with two attached hydrogens (primary N) is 1. The van der Waals surface area contributed by atoms with Crippen molar-refractivity contribution in [2.75, 3.05) is 26.2 Å². The third-order valence-electron chi connectivity index (χ3n) is 3.65. The van der Waals surface area contributed by atoms with Crippen molar-refractivity contribution in [3.63, 3.8) is 0 Å². The molecule has 2 heterocycles. The van der Waals surface area contributed by atoms with Crippen LogP contribution in [-0.2, 0) is 10.2 Å². The van der Waals surface area contributed by atoms with Crippen molar-refractivity contribution < 1.29 is 8.42 Å². The molecular weight excluding hydrogens is 262 g/mol. The van der Waals surface area contributed by atoms with Gasteiger partial charge in [0.2, 0.25) is 0 Å². The van der Waals surface area contributed by atoms with Gasteiger partial charge in [-0.25, -0.2) is 0 Å². The molecular formula is C10H22ClN3O2S. The van der Waals surface area contributed by atoms with Crippen LogP contribution in [0, 0.1) is 5.92 Å². The van der Waals surface area contributed by atoms with Crippen LogP contribution in [0.3, 0.4) is 0 Å². The lowest BCUT2D eigenvalue weighted by atomic mass is 9.96. The number of piperidine rings is 1. The van der Waals surface area contributed by atoms with Crippen LogP contribution in [0.15, 0.2) is 0 Å². The summed E-state index contributed by atoms with van der Waals surface area (Å²) in [6.45, 7) is 4.53. The van der Waals surface area contributed by atoms with Crippen molar-refractivity contribution in [3.8, 4) is 0 Å².